The minimum Gasteiger partial charge on any atom is -0.444 e. The second kappa shape index (κ2) is 12.1. The lowest BCUT2D eigenvalue weighted by molar-refractivity contribution is 0.0529. The molecule has 0 saturated carbocycles. The minimum absolute atomic E-state index is 0. The van der Waals surface area contributed by atoms with Crippen LogP contribution in [0.4, 0.5) is 10.5 Å². The zero-order chi connectivity index (χ0) is 20.6. The molecule has 1 atom stereocenters. The second-order valence-corrected chi connectivity index (χ2v) is 8.08. The molecule has 8 heteroatoms. The third-order valence-corrected chi connectivity index (χ3v) is 4.50. The van der Waals surface area contributed by atoms with E-state index in [9.17, 15) is 4.79 Å². The molecule has 1 amide bonds. The maximum absolute atomic E-state index is 11.7. The molecule has 1 saturated heterocycles. The fraction of sp³-hybridized carbons (Fsp3) is 0.619. The van der Waals surface area contributed by atoms with E-state index in [2.05, 4.69) is 57.0 Å². The number of carbonyl (C=O) groups excluding carboxylic acids is 1. The molecule has 0 radical (unpaired) electrons. The average Bonchev–Trinajstić information content (AvgIpc) is 3.17. The Kier molecular flexibility index (Phi) is 10.6. The Morgan fingerprint density at radius 2 is 1.86 bits per heavy atom. The van der Waals surface area contributed by atoms with Gasteiger partial charge in [-0.25, -0.2) is 4.79 Å². The van der Waals surface area contributed by atoms with E-state index >= 15 is 0 Å². The first-order valence-electron chi connectivity index (χ1n) is 10.1. The molecule has 1 aliphatic rings. The van der Waals surface area contributed by atoms with Gasteiger partial charge in [-0.3, -0.25) is 4.99 Å². The Morgan fingerprint density at radius 1 is 1.21 bits per heavy atom. The molecule has 0 aliphatic carbocycles. The van der Waals surface area contributed by atoms with Crippen molar-refractivity contribution in [1.82, 2.24) is 16.0 Å². The summed E-state index contributed by atoms with van der Waals surface area (Å²) < 4.78 is 5.22. The van der Waals surface area contributed by atoms with Crippen LogP contribution in [0.5, 0.6) is 0 Å². The summed E-state index contributed by atoms with van der Waals surface area (Å²) in [4.78, 5) is 18.4. The molecule has 0 spiro atoms. The van der Waals surface area contributed by atoms with Gasteiger partial charge in [0.05, 0.1) is 6.04 Å². The van der Waals surface area contributed by atoms with Crippen molar-refractivity contribution in [3.05, 3.63) is 29.8 Å². The number of benzene rings is 1. The van der Waals surface area contributed by atoms with Crippen LogP contribution in [-0.2, 0) is 4.74 Å². The van der Waals surface area contributed by atoms with E-state index in [-0.39, 0.29) is 30.0 Å². The van der Waals surface area contributed by atoms with Gasteiger partial charge < -0.3 is 25.6 Å². The van der Waals surface area contributed by atoms with E-state index in [1.165, 1.54) is 24.1 Å². The normalized spacial score (nSPS) is 15.3. The number of rotatable bonds is 6. The van der Waals surface area contributed by atoms with E-state index in [4.69, 9.17) is 4.74 Å². The van der Waals surface area contributed by atoms with E-state index in [0.717, 1.165) is 13.1 Å². The third kappa shape index (κ3) is 9.10. The van der Waals surface area contributed by atoms with Gasteiger partial charge in [0.1, 0.15) is 5.60 Å². The number of anilines is 1. The fourth-order valence-corrected chi connectivity index (χ4v) is 3.11. The van der Waals surface area contributed by atoms with Gasteiger partial charge in [0.25, 0.3) is 0 Å². The monoisotopic (exact) mass is 517 g/mol. The highest BCUT2D eigenvalue weighted by atomic mass is 127. The molecule has 29 heavy (non-hydrogen) atoms. The first-order valence-corrected chi connectivity index (χ1v) is 10.1. The van der Waals surface area contributed by atoms with E-state index in [1.807, 2.05) is 20.8 Å². The standard InChI is InChI=1S/C21H35N5O2.HI/c1-16(17-9-8-10-18(15-17)26-13-6-7-14-26)25-19(22-5)23-11-12-24-20(27)28-21(2,3)4;/h8-10,15-16H,6-7,11-14H2,1-5H3,(H,24,27)(H2,22,23,25);1H. The van der Waals surface area contributed by atoms with Crippen molar-refractivity contribution < 1.29 is 9.53 Å². The zero-order valence-corrected chi connectivity index (χ0v) is 20.6. The van der Waals surface area contributed by atoms with Crippen LogP contribution in [0.25, 0.3) is 0 Å². The molecule has 164 valence electrons. The molecule has 1 aromatic carbocycles. The summed E-state index contributed by atoms with van der Waals surface area (Å²) in [6.45, 7) is 10.9. The van der Waals surface area contributed by atoms with Gasteiger partial charge in [0.15, 0.2) is 5.96 Å². The molecule has 2 rings (SSSR count). The number of nitrogens with one attached hydrogen (secondary N) is 3. The molecule has 1 fully saturated rings. The zero-order valence-electron chi connectivity index (χ0n) is 18.2. The van der Waals surface area contributed by atoms with Crippen molar-refractivity contribution in [2.24, 2.45) is 4.99 Å². The van der Waals surface area contributed by atoms with Gasteiger partial charge in [0, 0.05) is 38.9 Å². The highest BCUT2D eigenvalue weighted by Gasteiger charge is 2.16. The molecule has 0 bridgehead atoms. The summed E-state index contributed by atoms with van der Waals surface area (Å²) in [5.41, 5.74) is 2.01. The number of alkyl carbamates (subject to hydrolysis) is 1. The van der Waals surface area contributed by atoms with Crippen molar-refractivity contribution in [3.8, 4) is 0 Å². The highest BCUT2D eigenvalue weighted by molar-refractivity contribution is 14.0. The van der Waals surface area contributed by atoms with Crippen LogP contribution in [0.2, 0.25) is 0 Å². The van der Waals surface area contributed by atoms with E-state index in [0.29, 0.717) is 19.0 Å². The smallest absolute Gasteiger partial charge is 0.407 e. The SMILES string of the molecule is CN=C(NCCNC(=O)OC(C)(C)C)NC(C)c1cccc(N2CCCC2)c1.I. The van der Waals surface area contributed by atoms with Gasteiger partial charge in [-0.15, -0.1) is 24.0 Å². The lowest BCUT2D eigenvalue weighted by Gasteiger charge is -2.22. The lowest BCUT2D eigenvalue weighted by Crippen LogP contribution is -2.43. The number of halogens is 1. The first kappa shape index (κ1) is 25.3. The molecule has 7 nitrogen and oxygen atoms in total. The number of amides is 1. The summed E-state index contributed by atoms with van der Waals surface area (Å²) >= 11 is 0. The minimum atomic E-state index is -0.492. The maximum Gasteiger partial charge on any atom is 0.407 e. The number of guanidine groups is 1. The van der Waals surface area contributed by atoms with Crippen molar-refractivity contribution in [2.45, 2.75) is 52.2 Å². The molecule has 1 heterocycles. The Morgan fingerprint density at radius 3 is 2.48 bits per heavy atom. The Balaban J connectivity index is 0.00000420. The fourth-order valence-electron chi connectivity index (χ4n) is 3.11. The predicted molar refractivity (Wildman–Crippen MR) is 130 cm³/mol. The second-order valence-electron chi connectivity index (χ2n) is 8.08. The molecule has 0 aromatic heterocycles. The molecule has 1 aromatic rings. The molecule has 1 unspecified atom stereocenters. The summed E-state index contributed by atoms with van der Waals surface area (Å²) in [6, 6.07) is 8.79. The van der Waals surface area contributed by atoms with Gasteiger partial charge in [0.2, 0.25) is 0 Å². The van der Waals surface area contributed by atoms with E-state index < -0.39 is 11.7 Å². The van der Waals surface area contributed by atoms with Crippen molar-refractivity contribution in [1.29, 1.82) is 0 Å². The topological polar surface area (TPSA) is 78.0 Å². The van der Waals surface area contributed by atoms with Crippen LogP contribution >= 0.6 is 24.0 Å². The van der Waals surface area contributed by atoms with E-state index in [1.54, 1.807) is 7.05 Å². The van der Waals surface area contributed by atoms with Crippen LogP contribution in [0.3, 0.4) is 0 Å². The van der Waals surface area contributed by atoms with Crippen molar-refractivity contribution in [3.63, 3.8) is 0 Å². The molecular formula is C21H36IN5O2. The first-order chi connectivity index (χ1) is 13.3. The quantitative estimate of drug-likeness (QED) is 0.233. The Labute approximate surface area is 192 Å². The third-order valence-electron chi connectivity index (χ3n) is 4.50. The van der Waals surface area contributed by atoms with Crippen molar-refractivity contribution in [2.75, 3.05) is 38.1 Å². The maximum atomic E-state index is 11.7. The number of carbonyl (C=O) groups is 1. The van der Waals surface area contributed by atoms with Gasteiger partial charge in [-0.1, -0.05) is 12.1 Å². The largest absolute Gasteiger partial charge is 0.444 e. The summed E-state index contributed by atoms with van der Waals surface area (Å²) in [5, 5.41) is 9.35. The highest BCUT2D eigenvalue weighted by Crippen LogP contribution is 2.23. The average molecular weight is 517 g/mol. The van der Waals surface area contributed by atoms with Crippen LogP contribution in [0.15, 0.2) is 29.3 Å². The number of nitrogens with zero attached hydrogens (tertiary/aromatic N) is 2. The molecule has 1 aliphatic heterocycles. The number of hydrogen-bond acceptors (Lipinski definition) is 4. The molecule has 3 N–H and O–H groups in total. The Hall–Kier alpha value is -1.71. The van der Waals surface area contributed by atoms with Crippen LogP contribution in [-0.4, -0.2) is 50.9 Å². The van der Waals surface area contributed by atoms with Gasteiger partial charge in [-0.2, -0.15) is 0 Å². The van der Waals surface area contributed by atoms with Crippen LogP contribution in [0.1, 0.15) is 52.1 Å². The summed E-state index contributed by atoms with van der Waals surface area (Å²) in [5.74, 6) is 0.699. The predicted octanol–water partition coefficient (Wildman–Crippen LogP) is 3.66. The van der Waals surface area contributed by atoms with Crippen molar-refractivity contribution >= 4 is 41.7 Å². The Bertz CT molecular complexity index is 669. The summed E-state index contributed by atoms with van der Waals surface area (Å²) in [6.07, 6.45) is 2.13. The molecular weight excluding hydrogens is 481 g/mol. The van der Waals surface area contributed by atoms with Gasteiger partial charge >= 0.3 is 6.09 Å². The number of hydrogen-bond donors (Lipinski definition) is 3. The number of aliphatic imine (C=N–C) groups is 1. The van der Waals surface area contributed by atoms with Crippen LogP contribution in [0, 0.1) is 0 Å². The summed E-state index contributed by atoms with van der Waals surface area (Å²) in [7, 11) is 1.74. The number of ether oxygens (including phenoxy) is 1. The lowest BCUT2D eigenvalue weighted by atomic mass is 10.1. The van der Waals surface area contributed by atoms with Crippen LogP contribution < -0.4 is 20.9 Å². The van der Waals surface area contributed by atoms with Gasteiger partial charge in [-0.05, 0) is 58.2 Å².